The Labute approximate surface area is 125 Å². The molecule has 0 aliphatic rings. The van der Waals surface area contributed by atoms with Crippen LogP contribution in [0.4, 0.5) is 5.69 Å². The molecule has 0 aromatic carbocycles. The van der Waals surface area contributed by atoms with Crippen molar-refractivity contribution in [2.24, 2.45) is 5.16 Å². The summed E-state index contributed by atoms with van der Waals surface area (Å²) in [5.74, 6) is 0. The minimum Gasteiger partial charge on any atom is -0.411 e. The van der Waals surface area contributed by atoms with Gasteiger partial charge in [0.05, 0.1) is 12.6 Å². The standard InChI is InChI=1S/C16H21N4O/c1-18(2)16-5-3-8-20(14-16)10-4-9-19-11-6-15(7-12-19)13-17-21/h3,5-8,11-14H,4,9-10H2,1-2H3/q+1/p+1. The van der Waals surface area contributed by atoms with Gasteiger partial charge in [-0.05, 0) is 6.07 Å². The van der Waals surface area contributed by atoms with Crippen molar-refractivity contribution in [1.29, 1.82) is 0 Å². The molecule has 2 heterocycles. The molecule has 0 saturated carbocycles. The first-order valence-electron chi connectivity index (χ1n) is 7.02. The number of pyridine rings is 2. The number of aryl methyl sites for hydroxylation is 2. The van der Waals surface area contributed by atoms with Gasteiger partial charge in [-0.1, -0.05) is 5.16 Å². The molecule has 110 valence electrons. The number of hydrogen-bond acceptors (Lipinski definition) is 3. The lowest BCUT2D eigenvalue weighted by Crippen LogP contribution is -2.38. The summed E-state index contributed by atoms with van der Waals surface area (Å²) in [5.41, 5.74) is 2.10. The van der Waals surface area contributed by atoms with Crippen molar-refractivity contribution in [2.45, 2.75) is 19.5 Å². The van der Waals surface area contributed by atoms with Crippen LogP contribution in [-0.2, 0) is 13.1 Å². The minimum atomic E-state index is 0.891. The molecule has 2 aromatic rings. The Morgan fingerprint density at radius 2 is 1.81 bits per heavy atom. The Morgan fingerprint density at radius 3 is 2.48 bits per heavy atom. The Bertz CT molecular complexity index is 593. The first-order chi connectivity index (χ1) is 10.2. The van der Waals surface area contributed by atoms with Gasteiger partial charge in [-0.2, -0.15) is 0 Å². The zero-order chi connectivity index (χ0) is 15.1. The SMILES string of the molecule is CN(C)c1ccc[n+](CCC[n+]2ccc(/C=N\O)cc2)c1. The fourth-order valence-corrected chi connectivity index (χ4v) is 2.12. The van der Waals surface area contributed by atoms with Crippen LogP contribution in [-0.4, -0.2) is 25.5 Å². The maximum atomic E-state index is 8.47. The average Bonchev–Trinajstić information content (AvgIpc) is 2.50. The van der Waals surface area contributed by atoms with Gasteiger partial charge in [0.25, 0.3) is 0 Å². The Kier molecular flexibility index (Phi) is 5.26. The number of nitrogens with zero attached hydrogens (tertiary/aromatic N) is 4. The molecule has 5 nitrogen and oxygen atoms in total. The molecule has 21 heavy (non-hydrogen) atoms. The highest BCUT2D eigenvalue weighted by molar-refractivity contribution is 5.78. The van der Waals surface area contributed by atoms with Crippen molar-refractivity contribution in [1.82, 2.24) is 0 Å². The van der Waals surface area contributed by atoms with Crippen molar-refractivity contribution < 1.29 is 14.3 Å². The molecule has 0 radical (unpaired) electrons. The van der Waals surface area contributed by atoms with E-state index in [-0.39, 0.29) is 0 Å². The molecule has 0 fully saturated rings. The zero-order valence-electron chi connectivity index (χ0n) is 12.6. The van der Waals surface area contributed by atoms with Crippen LogP contribution in [0.3, 0.4) is 0 Å². The second-order valence-corrected chi connectivity index (χ2v) is 5.16. The van der Waals surface area contributed by atoms with Gasteiger partial charge < -0.3 is 10.1 Å². The van der Waals surface area contributed by atoms with Gasteiger partial charge in [-0.15, -0.1) is 0 Å². The third-order valence-electron chi connectivity index (χ3n) is 3.32. The highest BCUT2D eigenvalue weighted by Crippen LogP contribution is 2.05. The molecule has 2 aromatic heterocycles. The maximum absolute atomic E-state index is 8.47. The van der Waals surface area contributed by atoms with Crippen LogP contribution in [0.25, 0.3) is 0 Å². The van der Waals surface area contributed by atoms with Crippen molar-refractivity contribution in [2.75, 3.05) is 19.0 Å². The molecule has 0 bridgehead atoms. The van der Waals surface area contributed by atoms with Gasteiger partial charge in [0.1, 0.15) is 5.69 Å². The van der Waals surface area contributed by atoms with E-state index in [1.165, 1.54) is 11.9 Å². The van der Waals surface area contributed by atoms with E-state index in [1.807, 2.05) is 38.6 Å². The monoisotopic (exact) mass is 286 g/mol. The van der Waals surface area contributed by atoms with Gasteiger partial charge in [-0.25, -0.2) is 9.13 Å². The topological polar surface area (TPSA) is 43.6 Å². The van der Waals surface area contributed by atoms with Crippen LogP contribution in [0.5, 0.6) is 0 Å². The average molecular weight is 286 g/mol. The number of aromatic nitrogens is 2. The molecular weight excluding hydrogens is 264 g/mol. The predicted octanol–water partition coefficient (Wildman–Crippen LogP) is 1.23. The van der Waals surface area contributed by atoms with Crippen molar-refractivity contribution >= 4 is 11.9 Å². The molecular formula is C16H22N4O+2. The quantitative estimate of drug-likeness (QED) is 0.376. The van der Waals surface area contributed by atoms with Gasteiger partial charge in [-0.3, -0.25) is 0 Å². The Hall–Kier alpha value is -2.43. The van der Waals surface area contributed by atoms with Crippen LogP contribution in [0.15, 0.2) is 54.2 Å². The predicted molar refractivity (Wildman–Crippen MR) is 81.6 cm³/mol. The van der Waals surface area contributed by atoms with Gasteiger partial charge >= 0.3 is 0 Å². The summed E-state index contributed by atoms with van der Waals surface area (Å²) >= 11 is 0. The normalized spacial score (nSPS) is 11.0. The van der Waals surface area contributed by atoms with Gasteiger partial charge in [0.15, 0.2) is 37.9 Å². The minimum absolute atomic E-state index is 0.891. The van der Waals surface area contributed by atoms with Gasteiger partial charge in [0, 0.05) is 37.9 Å². The number of rotatable bonds is 6. The van der Waals surface area contributed by atoms with Crippen LogP contribution in [0.1, 0.15) is 12.0 Å². The highest BCUT2D eigenvalue weighted by atomic mass is 16.4. The molecule has 0 aliphatic heterocycles. The summed E-state index contributed by atoms with van der Waals surface area (Å²) < 4.78 is 4.34. The Morgan fingerprint density at radius 1 is 1.10 bits per heavy atom. The lowest BCUT2D eigenvalue weighted by Gasteiger charge is -2.09. The second kappa shape index (κ2) is 7.38. The van der Waals surface area contributed by atoms with Crippen molar-refractivity contribution in [3.63, 3.8) is 0 Å². The fourth-order valence-electron chi connectivity index (χ4n) is 2.12. The summed E-state index contributed by atoms with van der Waals surface area (Å²) in [6.45, 7) is 1.93. The van der Waals surface area contributed by atoms with E-state index < -0.39 is 0 Å². The van der Waals surface area contributed by atoms with E-state index in [0.29, 0.717) is 0 Å². The smallest absolute Gasteiger partial charge is 0.192 e. The van der Waals surface area contributed by atoms with Gasteiger partial charge in [0.2, 0.25) is 0 Å². The summed E-state index contributed by atoms with van der Waals surface area (Å²) in [4.78, 5) is 2.10. The van der Waals surface area contributed by atoms with E-state index >= 15 is 0 Å². The number of oxime groups is 1. The van der Waals surface area contributed by atoms with E-state index in [9.17, 15) is 0 Å². The highest BCUT2D eigenvalue weighted by Gasteiger charge is 2.06. The van der Waals surface area contributed by atoms with Crippen LogP contribution in [0, 0.1) is 0 Å². The molecule has 0 spiro atoms. The molecule has 0 aliphatic carbocycles. The summed E-state index contributed by atoms with van der Waals surface area (Å²) in [5, 5.41) is 11.5. The molecule has 0 atom stereocenters. The zero-order valence-corrected chi connectivity index (χ0v) is 12.6. The van der Waals surface area contributed by atoms with Crippen LogP contribution >= 0.6 is 0 Å². The molecule has 0 amide bonds. The third kappa shape index (κ3) is 4.56. The number of hydrogen-bond donors (Lipinski definition) is 1. The second-order valence-electron chi connectivity index (χ2n) is 5.16. The lowest BCUT2D eigenvalue weighted by atomic mass is 10.3. The maximum Gasteiger partial charge on any atom is 0.192 e. The summed E-state index contributed by atoms with van der Waals surface area (Å²) in [6.07, 6.45) is 10.7. The van der Waals surface area contributed by atoms with Crippen LogP contribution < -0.4 is 14.0 Å². The summed E-state index contributed by atoms with van der Waals surface area (Å²) in [6, 6.07) is 8.04. The lowest BCUT2D eigenvalue weighted by molar-refractivity contribution is -0.726. The first-order valence-corrected chi connectivity index (χ1v) is 7.02. The molecule has 5 heteroatoms. The van der Waals surface area contributed by atoms with E-state index in [4.69, 9.17) is 5.21 Å². The van der Waals surface area contributed by atoms with E-state index in [0.717, 1.165) is 25.1 Å². The first kappa shape index (κ1) is 15.0. The largest absolute Gasteiger partial charge is 0.411 e. The fraction of sp³-hybridized carbons (Fsp3) is 0.312. The third-order valence-corrected chi connectivity index (χ3v) is 3.32. The van der Waals surface area contributed by atoms with Crippen molar-refractivity contribution in [3.8, 4) is 0 Å². The van der Waals surface area contributed by atoms with Crippen LogP contribution in [0.2, 0.25) is 0 Å². The molecule has 0 saturated heterocycles. The van der Waals surface area contributed by atoms with E-state index in [1.54, 1.807) is 0 Å². The molecule has 2 rings (SSSR count). The number of anilines is 1. The molecule has 0 unspecified atom stereocenters. The van der Waals surface area contributed by atoms with E-state index in [2.05, 4.69) is 43.7 Å². The van der Waals surface area contributed by atoms with Crippen molar-refractivity contribution in [3.05, 3.63) is 54.6 Å². The Balaban J connectivity index is 1.87. The summed E-state index contributed by atoms with van der Waals surface area (Å²) in [7, 11) is 4.10. The molecule has 1 N–H and O–H groups in total.